The largest absolute Gasteiger partial charge is 0.759 e. The molecule has 0 aromatic rings. The molecule has 0 unspecified atom stereocenters. The Balaban J connectivity index is 3.04. The average Bonchev–Trinajstić information content (AvgIpc) is 1.80. The molecule has 0 aliphatic heterocycles. The minimum Gasteiger partial charge on any atom is -0.759 e. The smallest absolute Gasteiger partial charge is 0.00662 e. The summed E-state index contributed by atoms with van der Waals surface area (Å²) in [6.07, 6.45) is 6.83. The molecule has 0 N–H and O–H groups in total. The third kappa shape index (κ3) is 7.50. The zero-order chi connectivity index (χ0) is 7.11. The highest BCUT2D eigenvalue weighted by molar-refractivity contribution is 4.80. The number of rotatable bonds is 4. The van der Waals surface area contributed by atoms with Crippen molar-refractivity contribution < 1.29 is 0 Å². The maximum Gasteiger partial charge on any atom is -0.00662 e. The molecule has 0 aromatic carbocycles. The molecule has 0 amide bonds. The maximum absolute atomic E-state index is 10.2. The molecule has 0 heterocycles. The Kier molecular flexibility index (Phi) is 5.32. The fraction of sp³-hybridized carbons (Fsp3) is 0.714. The van der Waals surface area contributed by atoms with Crippen LogP contribution in [-0.4, -0.2) is 12.1 Å². The van der Waals surface area contributed by atoms with Crippen LogP contribution in [0.5, 0.6) is 0 Å². The summed E-state index contributed by atoms with van der Waals surface area (Å²) >= 11 is 0. The van der Waals surface area contributed by atoms with E-state index in [1.165, 1.54) is 19.9 Å². The van der Waals surface area contributed by atoms with Crippen molar-refractivity contribution in [1.29, 1.82) is 0 Å². The Bertz CT molecular complexity index is 79.0. The van der Waals surface area contributed by atoms with Gasteiger partial charge < -0.3 is 10.3 Å². The van der Waals surface area contributed by atoms with Gasteiger partial charge in [-0.3, -0.25) is 0 Å². The van der Waals surface area contributed by atoms with Crippen LogP contribution in [0.4, 0.5) is 0 Å². The van der Waals surface area contributed by atoms with Crippen molar-refractivity contribution in [2.24, 2.45) is 0 Å². The third-order valence-electron chi connectivity index (χ3n) is 1.04. The molecule has 0 aliphatic carbocycles. The minimum absolute atomic E-state index is 0.815. The number of nitrogens with zero attached hydrogens (tertiary/aromatic N) is 1. The molecule has 0 spiro atoms. The molecule has 0 radical (unpaired) electrons. The van der Waals surface area contributed by atoms with Gasteiger partial charge in [-0.15, -0.1) is 0 Å². The van der Waals surface area contributed by atoms with Crippen LogP contribution in [0.1, 0.15) is 26.2 Å². The molecule has 0 saturated carbocycles. The van der Waals surface area contributed by atoms with Crippen molar-refractivity contribution in [3.05, 3.63) is 17.5 Å². The normalized spacial score (nSPS) is 10.6. The van der Waals surface area contributed by atoms with Crippen molar-refractivity contribution in [3.63, 3.8) is 0 Å². The Labute approximate surface area is 56.7 Å². The summed E-state index contributed by atoms with van der Waals surface area (Å²) in [5, 5.41) is 11.1. The summed E-state index contributed by atoms with van der Waals surface area (Å²) in [4.78, 5) is 0. The number of allylic oxidation sites excluding steroid dienone is 1. The van der Waals surface area contributed by atoms with Crippen LogP contribution in [0.2, 0.25) is 0 Å². The summed E-state index contributed by atoms with van der Waals surface area (Å²) in [6.45, 7) is 2.13. The van der Waals surface area contributed by atoms with Gasteiger partial charge in [0.25, 0.3) is 0 Å². The zero-order valence-electron chi connectivity index (χ0n) is 6.13. The van der Waals surface area contributed by atoms with Crippen molar-refractivity contribution >= 4 is 0 Å². The van der Waals surface area contributed by atoms with Gasteiger partial charge >= 0.3 is 0 Å². The van der Waals surface area contributed by atoms with Gasteiger partial charge in [0.15, 0.2) is 0 Å². The van der Waals surface area contributed by atoms with Crippen LogP contribution in [0.15, 0.2) is 12.3 Å². The summed E-state index contributed by atoms with van der Waals surface area (Å²) in [5.74, 6) is 0. The molecular formula is C7H14NO-. The molecule has 0 bridgehead atoms. The van der Waals surface area contributed by atoms with E-state index >= 15 is 0 Å². The number of hydroxylamine groups is 2. The predicted molar refractivity (Wildman–Crippen MR) is 39.8 cm³/mol. The fourth-order valence-electron chi connectivity index (χ4n) is 0.545. The van der Waals surface area contributed by atoms with Crippen molar-refractivity contribution in [2.75, 3.05) is 7.05 Å². The number of hydrogen-bond donors (Lipinski definition) is 0. The Morgan fingerprint density at radius 3 is 2.67 bits per heavy atom. The van der Waals surface area contributed by atoms with Gasteiger partial charge in [0, 0.05) is 0 Å². The SMILES string of the molecule is CCCC/C=C/N(C)[O-]. The molecule has 0 saturated heterocycles. The minimum atomic E-state index is 0.815. The number of hydrogen-bond acceptors (Lipinski definition) is 2. The molecule has 0 fully saturated rings. The molecule has 0 atom stereocenters. The first-order chi connectivity index (χ1) is 4.27. The molecule has 2 heteroatoms. The maximum atomic E-state index is 10.2. The van der Waals surface area contributed by atoms with E-state index in [0.717, 1.165) is 11.5 Å². The van der Waals surface area contributed by atoms with E-state index < -0.39 is 0 Å². The molecule has 0 rings (SSSR count). The monoisotopic (exact) mass is 128 g/mol. The van der Waals surface area contributed by atoms with E-state index in [1.54, 1.807) is 6.20 Å². The first-order valence-corrected chi connectivity index (χ1v) is 3.34. The summed E-state index contributed by atoms with van der Waals surface area (Å²) in [6, 6.07) is 0. The van der Waals surface area contributed by atoms with Crippen LogP contribution < -0.4 is 0 Å². The highest BCUT2D eigenvalue weighted by atomic mass is 16.5. The van der Waals surface area contributed by atoms with Crippen LogP contribution in [0.3, 0.4) is 0 Å². The van der Waals surface area contributed by atoms with E-state index in [2.05, 4.69) is 6.92 Å². The molecule has 0 aliphatic rings. The summed E-state index contributed by atoms with van der Waals surface area (Å²) in [5.41, 5.74) is 0. The Hall–Kier alpha value is -0.500. The van der Waals surface area contributed by atoms with Crippen molar-refractivity contribution in [2.45, 2.75) is 26.2 Å². The molecule has 54 valence electrons. The topological polar surface area (TPSA) is 26.3 Å². The zero-order valence-corrected chi connectivity index (χ0v) is 6.13. The standard InChI is InChI=1S/C7H14NO/c1-3-4-5-6-7-8(2)9/h6-7H,3-5H2,1-2H3/q-1/b7-6+. The fourth-order valence-corrected chi connectivity index (χ4v) is 0.545. The Morgan fingerprint density at radius 1 is 1.56 bits per heavy atom. The second-order valence-corrected chi connectivity index (χ2v) is 2.07. The quantitative estimate of drug-likeness (QED) is 0.428. The highest BCUT2D eigenvalue weighted by Crippen LogP contribution is 1.94. The van der Waals surface area contributed by atoms with Crippen LogP contribution in [0.25, 0.3) is 0 Å². The first kappa shape index (κ1) is 8.50. The lowest BCUT2D eigenvalue weighted by atomic mass is 10.2. The van der Waals surface area contributed by atoms with E-state index in [4.69, 9.17) is 0 Å². The summed E-state index contributed by atoms with van der Waals surface area (Å²) in [7, 11) is 1.49. The average molecular weight is 128 g/mol. The van der Waals surface area contributed by atoms with E-state index in [9.17, 15) is 5.21 Å². The van der Waals surface area contributed by atoms with E-state index in [1.807, 2.05) is 6.08 Å². The summed E-state index contributed by atoms with van der Waals surface area (Å²) < 4.78 is 0. The van der Waals surface area contributed by atoms with Gasteiger partial charge in [0.1, 0.15) is 0 Å². The van der Waals surface area contributed by atoms with Gasteiger partial charge in [-0.05, 0) is 19.7 Å². The highest BCUT2D eigenvalue weighted by Gasteiger charge is 1.75. The van der Waals surface area contributed by atoms with Crippen LogP contribution in [-0.2, 0) is 0 Å². The lowest BCUT2D eigenvalue weighted by Gasteiger charge is -2.17. The van der Waals surface area contributed by atoms with Crippen LogP contribution in [0, 0.1) is 5.21 Å². The molecule has 2 nitrogen and oxygen atoms in total. The van der Waals surface area contributed by atoms with Crippen LogP contribution >= 0.6 is 0 Å². The second-order valence-electron chi connectivity index (χ2n) is 2.07. The molecule has 9 heavy (non-hydrogen) atoms. The lowest BCUT2D eigenvalue weighted by molar-refractivity contribution is 0.624. The van der Waals surface area contributed by atoms with E-state index in [-0.39, 0.29) is 0 Å². The van der Waals surface area contributed by atoms with Crippen molar-refractivity contribution in [1.82, 2.24) is 5.06 Å². The first-order valence-electron chi connectivity index (χ1n) is 3.34. The van der Waals surface area contributed by atoms with Crippen molar-refractivity contribution in [3.8, 4) is 0 Å². The van der Waals surface area contributed by atoms with Gasteiger partial charge in [-0.25, -0.2) is 0 Å². The number of unbranched alkanes of at least 4 members (excludes halogenated alkanes) is 2. The third-order valence-corrected chi connectivity index (χ3v) is 1.04. The second kappa shape index (κ2) is 5.63. The predicted octanol–water partition coefficient (Wildman–Crippen LogP) is 2.12. The van der Waals surface area contributed by atoms with Gasteiger partial charge in [0.2, 0.25) is 0 Å². The molecular weight excluding hydrogens is 114 g/mol. The molecule has 0 aromatic heterocycles. The van der Waals surface area contributed by atoms with Gasteiger partial charge in [0.05, 0.1) is 0 Å². The van der Waals surface area contributed by atoms with E-state index in [0.29, 0.717) is 0 Å². The Morgan fingerprint density at radius 2 is 2.22 bits per heavy atom. The van der Waals surface area contributed by atoms with Gasteiger partial charge in [-0.1, -0.05) is 25.8 Å². The lowest BCUT2D eigenvalue weighted by Crippen LogP contribution is -1.96. The van der Waals surface area contributed by atoms with Gasteiger partial charge in [-0.2, -0.15) is 0 Å².